The molecule has 2 heterocycles. The van der Waals surface area contributed by atoms with Crippen LogP contribution in [-0.2, 0) is 6.61 Å². The molecular formula is C15H7ClF3N3O3S. The first-order valence-electron chi connectivity index (χ1n) is 6.87. The van der Waals surface area contributed by atoms with E-state index in [-0.39, 0.29) is 6.61 Å². The highest BCUT2D eigenvalue weighted by Gasteiger charge is 2.23. The first-order chi connectivity index (χ1) is 12.3. The molecule has 0 fully saturated rings. The van der Waals surface area contributed by atoms with Crippen molar-refractivity contribution in [2.75, 3.05) is 0 Å². The third kappa shape index (κ3) is 3.75. The third-order valence-corrected chi connectivity index (χ3v) is 4.26. The second-order valence-corrected chi connectivity index (χ2v) is 6.33. The summed E-state index contributed by atoms with van der Waals surface area (Å²) < 4.78 is 45.4. The minimum atomic E-state index is -2.24. The number of benzene rings is 1. The summed E-state index contributed by atoms with van der Waals surface area (Å²) in [7, 11) is 0. The van der Waals surface area contributed by atoms with E-state index in [1.54, 1.807) is 6.07 Å². The molecule has 0 aliphatic rings. The number of imide groups is 1. The lowest BCUT2D eigenvalue weighted by atomic mass is 10.1. The number of rotatable bonds is 4. The quantitative estimate of drug-likeness (QED) is 0.527. The normalized spacial score (nSPS) is 10.8. The zero-order chi connectivity index (χ0) is 18.8. The Balaban J connectivity index is 1.83. The lowest BCUT2D eigenvalue weighted by Crippen LogP contribution is -2.28. The van der Waals surface area contributed by atoms with Crippen molar-refractivity contribution in [1.82, 2.24) is 15.3 Å². The van der Waals surface area contributed by atoms with Crippen molar-refractivity contribution in [2.45, 2.75) is 6.61 Å². The second-order valence-electron chi connectivity index (χ2n) is 4.84. The number of hydrogen-bond acceptors (Lipinski definition) is 6. The van der Waals surface area contributed by atoms with Crippen molar-refractivity contribution in [3.8, 4) is 5.75 Å². The zero-order valence-corrected chi connectivity index (χ0v) is 14.1. The zero-order valence-electron chi connectivity index (χ0n) is 12.6. The average Bonchev–Trinajstić information content (AvgIpc) is 2.95. The van der Waals surface area contributed by atoms with Crippen LogP contribution in [0.4, 0.5) is 18.0 Å². The summed E-state index contributed by atoms with van der Waals surface area (Å²) >= 11 is 6.99. The Labute approximate surface area is 152 Å². The monoisotopic (exact) mass is 401 g/mol. The maximum atomic E-state index is 14.3. The molecule has 0 saturated heterocycles. The number of pyridine rings is 1. The Kier molecular flexibility index (Phi) is 5.05. The molecule has 0 radical (unpaired) electrons. The van der Waals surface area contributed by atoms with Crippen LogP contribution < -0.4 is 10.1 Å². The van der Waals surface area contributed by atoms with Crippen LogP contribution >= 0.6 is 22.9 Å². The maximum Gasteiger partial charge on any atom is 0.404 e. The van der Waals surface area contributed by atoms with Crippen molar-refractivity contribution in [1.29, 1.82) is 0 Å². The van der Waals surface area contributed by atoms with Crippen LogP contribution in [0, 0.1) is 11.6 Å². The summed E-state index contributed by atoms with van der Waals surface area (Å²) in [6, 6.07) is 3.32. The Morgan fingerprint density at radius 3 is 2.81 bits per heavy atom. The Morgan fingerprint density at radius 1 is 1.31 bits per heavy atom. The van der Waals surface area contributed by atoms with Crippen LogP contribution in [0.25, 0.3) is 10.3 Å². The standard InChI is InChI=1S/C15H7ClF3N3O3S/c16-6-3-8-14(20-4-6)26-10(21-8)5-25-9-2-1-7(17)11(12(9)18)13(23)22-15(19)24/h1-4H,5H2,(H,22,23,24). The highest BCUT2D eigenvalue weighted by atomic mass is 35.5. The molecule has 2 amide bonds. The maximum absolute atomic E-state index is 14.3. The van der Waals surface area contributed by atoms with Gasteiger partial charge in [-0.2, -0.15) is 0 Å². The van der Waals surface area contributed by atoms with Crippen LogP contribution in [0.15, 0.2) is 24.4 Å². The summed E-state index contributed by atoms with van der Waals surface area (Å²) in [4.78, 5) is 30.7. The molecule has 0 spiro atoms. The molecule has 0 aliphatic heterocycles. The van der Waals surface area contributed by atoms with Crippen molar-refractivity contribution in [2.24, 2.45) is 0 Å². The summed E-state index contributed by atoms with van der Waals surface area (Å²) in [6.07, 6.45) is -0.788. The van der Waals surface area contributed by atoms with Crippen LogP contribution in [0.1, 0.15) is 15.4 Å². The lowest BCUT2D eigenvalue weighted by Gasteiger charge is -2.09. The minimum absolute atomic E-state index is 0.190. The summed E-state index contributed by atoms with van der Waals surface area (Å²) in [6.45, 7) is -0.190. The molecule has 26 heavy (non-hydrogen) atoms. The number of amides is 2. The number of aromatic nitrogens is 2. The minimum Gasteiger partial charge on any atom is -0.483 e. The van der Waals surface area contributed by atoms with Crippen LogP contribution in [-0.4, -0.2) is 22.0 Å². The SMILES string of the molecule is O=C(F)NC(=O)c1c(F)ccc(OCc2nc3cc(Cl)cnc3s2)c1F. The summed E-state index contributed by atoms with van der Waals surface area (Å²) in [5.41, 5.74) is -0.603. The molecule has 1 N–H and O–H groups in total. The van der Waals surface area contributed by atoms with E-state index in [0.29, 0.717) is 20.4 Å². The molecule has 0 unspecified atom stereocenters. The van der Waals surface area contributed by atoms with Crippen LogP contribution in [0.2, 0.25) is 5.02 Å². The van der Waals surface area contributed by atoms with Gasteiger partial charge in [0.25, 0.3) is 5.91 Å². The van der Waals surface area contributed by atoms with E-state index in [4.69, 9.17) is 16.3 Å². The lowest BCUT2D eigenvalue weighted by molar-refractivity contribution is 0.0948. The number of nitrogens with zero attached hydrogens (tertiary/aromatic N) is 2. The van der Waals surface area contributed by atoms with E-state index in [1.165, 1.54) is 17.5 Å². The van der Waals surface area contributed by atoms with E-state index in [2.05, 4.69) is 9.97 Å². The van der Waals surface area contributed by atoms with Gasteiger partial charge in [-0.25, -0.2) is 23.5 Å². The molecular weight excluding hydrogens is 395 g/mol. The van der Waals surface area contributed by atoms with E-state index in [1.807, 2.05) is 0 Å². The van der Waals surface area contributed by atoms with Crippen molar-refractivity contribution in [3.05, 3.63) is 51.6 Å². The fourth-order valence-corrected chi connectivity index (χ4v) is 3.00. The molecule has 3 rings (SSSR count). The fraction of sp³-hybridized carbons (Fsp3) is 0.0667. The van der Waals surface area contributed by atoms with E-state index in [0.717, 1.165) is 17.4 Å². The average molecular weight is 402 g/mol. The van der Waals surface area contributed by atoms with Gasteiger partial charge in [0.15, 0.2) is 11.6 Å². The van der Waals surface area contributed by atoms with Gasteiger partial charge < -0.3 is 4.74 Å². The van der Waals surface area contributed by atoms with Crippen LogP contribution in [0.3, 0.4) is 0 Å². The molecule has 6 nitrogen and oxygen atoms in total. The predicted molar refractivity (Wildman–Crippen MR) is 87.1 cm³/mol. The summed E-state index contributed by atoms with van der Waals surface area (Å²) in [5, 5.41) is 1.99. The van der Waals surface area contributed by atoms with Gasteiger partial charge in [-0.3, -0.25) is 10.1 Å². The Morgan fingerprint density at radius 2 is 2.08 bits per heavy atom. The van der Waals surface area contributed by atoms with E-state index < -0.39 is 35.0 Å². The molecule has 0 bridgehead atoms. The number of hydrogen-bond donors (Lipinski definition) is 1. The van der Waals surface area contributed by atoms with Gasteiger partial charge in [-0.1, -0.05) is 22.9 Å². The highest BCUT2D eigenvalue weighted by Crippen LogP contribution is 2.27. The second kappa shape index (κ2) is 7.26. The fourth-order valence-electron chi connectivity index (χ4n) is 2.05. The van der Waals surface area contributed by atoms with Gasteiger partial charge in [0.2, 0.25) is 0 Å². The number of fused-ring (bicyclic) bond motifs is 1. The molecule has 134 valence electrons. The van der Waals surface area contributed by atoms with Gasteiger partial charge >= 0.3 is 6.16 Å². The van der Waals surface area contributed by atoms with Gasteiger partial charge in [-0.05, 0) is 18.2 Å². The molecule has 11 heteroatoms. The van der Waals surface area contributed by atoms with E-state index in [9.17, 15) is 22.8 Å². The Bertz CT molecular complexity index is 1030. The van der Waals surface area contributed by atoms with Crippen molar-refractivity contribution in [3.63, 3.8) is 0 Å². The Hall–Kier alpha value is -2.72. The first kappa shape index (κ1) is 18.1. The topological polar surface area (TPSA) is 81.2 Å². The van der Waals surface area contributed by atoms with Crippen LogP contribution in [0.5, 0.6) is 5.75 Å². The largest absolute Gasteiger partial charge is 0.483 e. The number of halogens is 4. The number of carbonyl (C=O) groups excluding carboxylic acids is 2. The number of nitrogens with one attached hydrogen (secondary N) is 1. The number of ether oxygens (including phenoxy) is 1. The number of thiazole rings is 1. The molecule has 0 saturated carbocycles. The van der Waals surface area contributed by atoms with Gasteiger partial charge in [-0.15, -0.1) is 4.39 Å². The van der Waals surface area contributed by atoms with Crippen molar-refractivity contribution >= 4 is 45.4 Å². The highest BCUT2D eigenvalue weighted by molar-refractivity contribution is 7.18. The predicted octanol–water partition coefficient (Wildman–Crippen LogP) is 4.02. The molecule has 0 atom stereocenters. The van der Waals surface area contributed by atoms with Gasteiger partial charge in [0.05, 0.1) is 5.02 Å². The molecule has 3 aromatic rings. The smallest absolute Gasteiger partial charge is 0.404 e. The first-order valence-corrected chi connectivity index (χ1v) is 8.07. The van der Waals surface area contributed by atoms with Crippen molar-refractivity contribution < 1.29 is 27.5 Å². The van der Waals surface area contributed by atoms with Gasteiger partial charge in [0.1, 0.15) is 33.3 Å². The molecule has 0 aliphatic carbocycles. The number of carbonyl (C=O) groups is 2. The third-order valence-electron chi connectivity index (χ3n) is 3.10. The summed E-state index contributed by atoms with van der Waals surface area (Å²) in [5.74, 6) is -4.66. The van der Waals surface area contributed by atoms with E-state index >= 15 is 0 Å². The molecule has 2 aromatic heterocycles. The van der Waals surface area contributed by atoms with Gasteiger partial charge in [0, 0.05) is 6.20 Å². The molecule has 1 aromatic carbocycles.